The van der Waals surface area contributed by atoms with E-state index < -0.39 is 23.1 Å². The van der Waals surface area contributed by atoms with Crippen molar-refractivity contribution in [2.45, 2.75) is 0 Å². The average Bonchev–Trinajstić information content (AvgIpc) is 3.17. The molecule has 1 aliphatic carbocycles. The molecule has 0 radical (unpaired) electrons. The third-order valence-electron chi connectivity index (χ3n) is 5.01. The van der Waals surface area contributed by atoms with Crippen molar-refractivity contribution in [3.63, 3.8) is 0 Å². The molecule has 0 unspecified atom stereocenters. The lowest BCUT2D eigenvalue weighted by molar-refractivity contribution is -0.116. The Labute approximate surface area is 168 Å². The highest BCUT2D eigenvalue weighted by atomic mass is 32.1. The Morgan fingerprint density at radius 1 is 0.759 bits per heavy atom. The molecule has 0 fully saturated rings. The van der Waals surface area contributed by atoms with Crippen LogP contribution in [0.1, 0.15) is 11.1 Å². The molecule has 2 heterocycles. The van der Waals surface area contributed by atoms with E-state index in [-0.39, 0.29) is 11.1 Å². The maximum absolute atomic E-state index is 13.1. The van der Waals surface area contributed by atoms with Crippen molar-refractivity contribution in [1.82, 2.24) is 4.98 Å². The molecule has 1 aliphatic rings. The molecule has 2 aromatic carbocycles. The number of nitrogens with zero attached hydrogens (tertiary/aromatic N) is 1. The number of para-hydroxylation sites is 1. The van der Waals surface area contributed by atoms with Crippen LogP contribution in [0.15, 0.2) is 77.7 Å². The fourth-order valence-corrected chi connectivity index (χ4v) is 4.61. The van der Waals surface area contributed by atoms with Gasteiger partial charge in [-0.3, -0.25) is 14.6 Å². The van der Waals surface area contributed by atoms with Gasteiger partial charge in [-0.2, -0.15) is 0 Å². The second-order valence-electron chi connectivity index (χ2n) is 6.63. The lowest BCUT2D eigenvalue weighted by Crippen LogP contribution is -2.22. The summed E-state index contributed by atoms with van der Waals surface area (Å²) in [5.74, 6) is -2.94. The summed E-state index contributed by atoms with van der Waals surface area (Å²) in [5.41, 5.74) is 0.791. The molecule has 6 heteroatoms. The number of aliphatic hydroxyl groups is 2. The summed E-state index contributed by atoms with van der Waals surface area (Å²) in [6, 6.07) is 16.1. The van der Waals surface area contributed by atoms with Gasteiger partial charge < -0.3 is 10.2 Å². The summed E-state index contributed by atoms with van der Waals surface area (Å²) in [6.07, 6.45) is 1.57. The number of hydrogen-bond donors (Lipinski definition) is 2. The number of aromatic nitrogens is 1. The van der Waals surface area contributed by atoms with Crippen LogP contribution in [0.2, 0.25) is 0 Å². The summed E-state index contributed by atoms with van der Waals surface area (Å²) in [6.45, 7) is 0. The summed E-state index contributed by atoms with van der Waals surface area (Å²) in [5, 5.41) is 24.6. The van der Waals surface area contributed by atoms with Crippen molar-refractivity contribution >= 4 is 55.0 Å². The number of allylic oxidation sites excluding steroid dienone is 2. The van der Waals surface area contributed by atoms with Gasteiger partial charge in [0.15, 0.2) is 11.5 Å². The highest BCUT2D eigenvalue weighted by Crippen LogP contribution is 2.39. The lowest BCUT2D eigenvalue weighted by Gasteiger charge is -2.18. The van der Waals surface area contributed by atoms with Crippen molar-refractivity contribution in [1.29, 1.82) is 0 Å². The van der Waals surface area contributed by atoms with Crippen LogP contribution in [0.3, 0.4) is 0 Å². The SMILES string of the molecule is O=C1C(O)=C(c2cccc3cccnc23)C(=O)C(O)=C1c1csc2ccccc12. The molecule has 0 amide bonds. The van der Waals surface area contributed by atoms with Gasteiger partial charge in [0, 0.05) is 38.2 Å². The first-order chi connectivity index (χ1) is 14.1. The van der Waals surface area contributed by atoms with Crippen LogP contribution in [-0.4, -0.2) is 26.8 Å². The van der Waals surface area contributed by atoms with Gasteiger partial charge in [0.25, 0.3) is 0 Å². The molecule has 0 spiro atoms. The van der Waals surface area contributed by atoms with Crippen LogP contribution in [0.25, 0.3) is 32.1 Å². The zero-order valence-electron chi connectivity index (χ0n) is 14.9. The molecular weight excluding hydrogens is 386 g/mol. The standard InChI is InChI=1S/C23H13NO4S/c25-20-17(14-8-3-5-12-6-4-10-24-19(12)14)21(26)23(28)18(22(20)27)15-11-29-16-9-2-1-7-13(15)16/h1-11,25,28H. The predicted molar refractivity (Wildman–Crippen MR) is 113 cm³/mol. The van der Waals surface area contributed by atoms with Crippen LogP contribution in [-0.2, 0) is 9.59 Å². The van der Waals surface area contributed by atoms with Gasteiger partial charge in [0.05, 0.1) is 16.7 Å². The monoisotopic (exact) mass is 399 g/mol. The Morgan fingerprint density at radius 3 is 2.24 bits per heavy atom. The Hall–Kier alpha value is -3.77. The molecule has 4 aromatic rings. The first-order valence-electron chi connectivity index (χ1n) is 8.84. The average molecular weight is 399 g/mol. The zero-order chi connectivity index (χ0) is 20.1. The quantitative estimate of drug-likeness (QED) is 0.471. The van der Waals surface area contributed by atoms with Crippen molar-refractivity contribution in [3.05, 3.63) is 88.8 Å². The first-order valence-corrected chi connectivity index (χ1v) is 9.72. The number of aliphatic hydroxyl groups excluding tert-OH is 2. The molecule has 0 aliphatic heterocycles. The zero-order valence-corrected chi connectivity index (χ0v) is 15.7. The normalized spacial score (nSPS) is 15.0. The van der Waals surface area contributed by atoms with E-state index in [2.05, 4.69) is 4.98 Å². The van der Waals surface area contributed by atoms with Gasteiger partial charge in [-0.05, 0) is 12.1 Å². The molecule has 5 nitrogen and oxygen atoms in total. The Bertz CT molecular complexity index is 1410. The summed E-state index contributed by atoms with van der Waals surface area (Å²) in [7, 11) is 0. The molecule has 5 rings (SSSR count). The number of benzene rings is 2. The highest BCUT2D eigenvalue weighted by Gasteiger charge is 2.37. The minimum Gasteiger partial charge on any atom is -0.504 e. The van der Waals surface area contributed by atoms with Gasteiger partial charge in [0.2, 0.25) is 11.6 Å². The Kier molecular flexibility index (Phi) is 3.82. The number of hydrogen-bond acceptors (Lipinski definition) is 6. The number of ketones is 2. The minimum atomic E-state index is -0.800. The van der Waals surface area contributed by atoms with Crippen LogP contribution >= 0.6 is 11.3 Å². The third-order valence-corrected chi connectivity index (χ3v) is 5.97. The number of thiophene rings is 1. The molecular formula is C23H13NO4S. The largest absolute Gasteiger partial charge is 0.504 e. The Balaban J connectivity index is 1.73. The molecule has 0 atom stereocenters. The lowest BCUT2D eigenvalue weighted by atomic mass is 9.85. The van der Waals surface area contributed by atoms with Gasteiger partial charge in [-0.25, -0.2) is 0 Å². The maximum Gasteiger partial charge on any atom is 0.232 e. The van der Waals surface area contributed by atoms with E-state index in [0.29, 0.717) is 16.6 Å². The molecule has 29 heavy (non-hydrogen) atoms. The molecule has 2 N–H and O–H groups in total. The van der Waals surface area contributed by atoms with Gasteiger partial charge >= 0.3 is 0 Å². The molecule has 2 aromatic heterocycles. The van der Waals surface area contributed by atoms with E-state index in [0.717, 1.165) is 15.5 Å². The van der Waals surface area contributed by atoms with E-state index in [1.54, 1.807) is 29.8 Å². The maximum atomic E-state index is 13.1. The number of Topliss-reactive ketones (excluding diaryl/α,β-unsaturated/α-hetero) is 2. The number of rotatable bonds is 2. The fraction of sp³-hybridized carbons (Fsp3) is 0. The molecule has 0 saturated carbocycles. The first kappa shape index (κ1) is 17.3. The number of pyridine rings is 1. The van der Waals surface area contributed by atoms with Crippen molar-refractivity contribution in [3.8, 4) is 0 Å². The second kappa shape index (κ2) is 6.39. The van der Waals surface area contributed by atoms with E-state index in [9.17, 15) is 19.8 Å². The van der Waals surface area contributed by atoms with E-state index in [4.69, 9.17) is 0 Å². The third kappa shape index (κ3) is 2.50. The van der Waals surface area contributed by atoms with E-state index >= 15 is 0 Å². The number of carbonyl (C=O) groups excluding carboxylic acids is 2. The minimum absolute atomic E-state index is 0.179. The highest BCUT2D eigenvalue weighted by molar-refractivity contribution is 7.17. The topological polar surface area (TPSA) is 87.5 Å². The van der Waals surface area contributed by atoms with Crippen LogP contribution < -0.4 is 0 Å². The molecule has 0 bridgehead atoms. The van der Waals surface area contributed by atoms with Gasteiger partial charge in [0.1, 0.15) is 0 Å². The second-order valence-corrected chi connectivity index (χ2v) is 7.54. The van der Waals surface area contributed by atoms with Crippen molar-refractivity contribution < 1.29 is 19.8 Å². The van der Waals surface area contributed by atoms with Crippen LogP contribution in [0.4, 0.5) is 0 Å². The van der Waals surface area contributed by atoms with Gasteiger partial charge in [-0.15, -0.1) is 11.3 Å². The van der Waals surface area contributed by atoms with E-state index in [1.807, 2.05) is 36.4 Å². The van der Waals surface area contributed by atoms with Gasteiger partial charge in [-0.1, -0.05) is 42.5 Å². The number of carbonyl (C=O) groups is 2. The fourth-order valence-electron chi connectivity index (χ4n) is 3.66. The van der Waals surface area contributed by atoms with Crippen LogP contribution in [0.5, 0.6) is 0 Å². The summed E-state index contributed by atoms with van der Waals surface area (Å²) < 4.78 is 0.913. The van der Waals surface area contributed by atoms with Crippen LogP contribution in [0, 0.1) is 0 Å². The molecule has 0 saturated heterocycles. The smallest absolute Gasteiger partial charge is 0.232 e. The van der Waals surface area contributed by atoms with Crippen molar-refractivity contribution in [2.75, 3.05) is 0 Å². The number of fused-ring (bicyclic) bond motifs is 2. The van der Waals surface area contributed by atoms with Crippen molar-refractivity contribution in [2.24, 2.45) is 0 Å². The summed E-state index contributed by atoms with van der Waals surface area (Å²) in [4.78, 5) is 30.4. The predicted octanol–water partition coefficient (Wildman–Crippen LogP) is 4.84. The summed E-state index contributed by atoms with van der Waals surface area (Å²) >= 11 is 1.40. The molecule has 140 valence electrons. The Morgan fingerprint density at radius 2 is 1.45 bits per heavy atom. The van der Waals surface area contributed by atoms with E-state index in [1.165, 1.54) is 11.3 Å².